The Morgan fingerprint density at radius 3 is 2.62 bits per heavy atom. The average molecular weight is 352 g/mol. The lowest BCUT2D eigenvalue weighted by Crippen LogP contribution is -2.31. The lowest BCUT2D eigenvalue weighted by molar-refractivity contribution is -0.155. The SMILES string of the molecule is C[C@H](OC(=O)COc1ccc(C=O)cc1)C(=O)Nc1cccc(C#N)c1. The van der Waals surface area contributed by atoms with Gasteiger partial charge in [-0.05, 0) is 49.4 Å². The van der Waals surface area contributed by atoms with E-state index in [2.05, 4.69) is 5.32 Å². The second kappa shape index (κ2) is 8.99. The van der Waals surface area contributed by atoms with Crippen LogP contribution in [0, 0.1) is 11.3 Å². The van der Waals surface area contributed by atoms with Crippen molar-refractivity contribution in [2.45, 2.75) is 13.0 Å². The molecule has 7 nitrogen and oxygen atoms in total. The number of rotatable bonds is 7. The Morgan fingerprint density at radius 2 is 1.96 bits per heavy atom. The maximum atomic E-state index is 12.0. The number of nitrogens with zero attached hydrogens (tertiary/aromatic N) is 1. The van der Waals surface area contributed by atoms with E-state index in [1.54, 1.807) is 42.5 Å². The molecule has 0 saturated heterocycles. The summed E-state index contributed by atoms with van der Waals surface area (Å²) in [5.41, 5.74) is 1.33. The third-order valence-corrected chi connectivity index (χ3v) is 3.31. The molecule has 0 aliphatic rings. The Labute approximate surface area is 150 Å². The number of hydrogen-bond donors (Lipinski definition) is 1. The maximum absolute atomic E-state index is 12.0. The van der Waals surface area contributed by atoms with Crippen LogP contribution in [-0.2, 0) is 14.3 Å². The molecule has 26 heavy (non-hydrogen) atoms. The van der Waals surface area contributed by atoms with Crippen LogP contribution in [0.25, 0.3) is 0 Å². The monoisotopic (exact) mass is 352 g/mol. The fourth-order valence-electron chi connectivity index (χ4n) is 1.98. The van der Waals surface area contributed by atoms with Crippen molar-refractivity contribution in [1.29, 1.82) is 5.26 Å². The molecule has 1 atom stereocenters. The summed E-state index contributed by atoms with van der Waals surface area (Å²) in [5, 5.41) is 11.4. The molecule has 0 saturated carbocycles. The summed E-state index contributed by atoms with van der Waals surface area (Å²) in [6.45, 7) is 1.06. The Morgan fingerprint density at radius 1 is 1.23 bits per heavy atom. The zero-order valence-electron chi connectivity index (χ0n) is 14.0. The van der Waals surface area contributed by atoms with Crippen molar-refractivity contribution in [1.82, 2.24) is 0 Å². The molecular formula is C19H16N2O5. The summed E-state index contributed by atoms with van der Waals surface area (Å²) in [4.78, 5) is 34.4. The lowest BCUT2D eigenvalue weighted by atomic mass is 10.2. The predicted molar refractivity (Wildman–Crippen MR) is 92.7 cm³/mol. The van der Waals surface area contributed by atoms with E-state index < -0.39 is 18.0 Å². The summed E-state index contributed by atoms with van der Waals surface area (Å²) < 4.78 is 10.2. The number of esters is 1. The highest BCUT2D eigenvalue weighted by Crippen LogP contribution is 2.12. The number of benzene rings is 2. The fraction of sp³-hybridized carbons (Fsp3) is 0.158. The first-order valence-electron chi connectivity index (χ1n) is 7.70. The molecule has 0 unspecified atom stereocenters. The minimum atomic E-state index is -1.03. The lowest BCUT2D eigenvalue weighted by Gasteiger charge is -2.14. The van der Waals surface area contributed by atoms with Crippen molar-refractivity contribution < 1.29 is 23.9 Å². The van der Waals surface area contributed by atoms with Crippen molar-refractivity contribution in [2.75, 3.05) is 11.9 Å². The third-order valence-electron chi connectivity index (χ3n) is 3.31. The molecule has 0 heterocycles. The number of amides is 1. The summed E-state index contributed by atoms with van der Waals surface area (Å²) in [5.74, 6) is -0.834. The Bertz CT molecular complexity index is 840. The van der Waals surface area contributed by atoms with Crippen molar-refractivity contribution in [3.8, 4) is 11.8 Å². The molecule has 0 radical (unpaired) electrons. The fourth-order valence-corrected chi connectivity index (χ4v) is 1.98. The van der Waals surface area contributed by atoms with E-state index >= 15 is 0 Å². The van der Waals surface area contributed by atoms with E-state index in [1.165, 1.54) is 13.0 Å². The summed E-state index contributed by atoms with van der Waals surface area (Å²) in [7, 11) is 0. The summed E-state index contributed by atoms with van der Waals surface area (Å²) in [6, 6.07) is 14.6. The second-order valence-corrected chi connectivity index (χ2v) is 5.29. The highest BCUT2D eigenvalue weighted by molar-refractivity contribution is 5.95. The van der Waals surface area contributed by atoms with Crippen LogP contribution in [0.15, 0.2) is 48.5 Å². The molecule has 1 amide bonds. The highest BCUT2D eigenvalue weighted by atomic mass is 16.6. The van der Waals surface area contributed by atoms with Crippen LogP contribution in [0.1, 0.15) is 22.8 Å². The van der Waals surface area contributed by atoms with Crippen molar-refractivity contribution >= 4 is 23.9 Å². The molecular weight excluding hydrogens is 336 g/mol. The standard InChI is InChI=1S/C19H16N2O5/c1-13(19(24)21-16-4-2-3-15(9-16)10-20)26-18(23)12-25-17-7-5-14(11-22)6-8-17/h2-9,11,13H,12H2,1H3,(H,21,24)/t13-/m0/s1. The van der Waals surface area contributed by atoms with Gasteiger partial charge in [0.05, 0.1) is 11.6 Å². The molecule has 0 bridgehead atoms. The van der Waals surface area contributed by atoms with E-state index in [9.17, 15) is 14.4 Å². The normalized spacial score (nSPS) is 10.9. The van der Waals surface area contributed by atoms with Crippen LogP contribution in [0.4, 0.5) is 5.69 Å². The number of anilines is 1. The number of carbonyl (C=O) groups excluding carboxylic acids is 3. The number of aldehydes is 1. The van der Waals surface area contributed by atoms with Gasteiger partial charge in [0.2, 0.25) is 0 Å². The maximum Gasteiger partial charge on any atom is 0.344 e. The Kier molecular flexibility index (Phi) is 6.46. The number of carbonyl (C=O) groups is 3. The Hall–Kier alpha value is -3.66. The van der Waals surface area contributed by atoms with Crippen LogP contribution >= 0.6 is 0 Å². The number of hydrogen-bond acceptors (Lipinski definition) is 6. The molecule has 0 aliphatic carbocycles. The quantitative estimate of drug-likeness (QED) is 0.605. The molecule has 7 heteroatoms. The van der Waals surface area contributed by atoms with Crippen molar-refractivity contribution in [2.24, 2.45) is 0 Å². The molecule has 0 aromatic heterocycles. The van der Waals surface area contributed by atoms with Crippen LogP contribution < -0.4 is 10.1 Å². The minimum absolute atomic E-state index is 0.373. The second-order valence-electron chi connectivity index (χ2n) is 5.29. The molecule has 1 N–H and O–H groups in total. The largest absolute Gasteiger partial charge is 0.482 e. The van der Waals surface area contributed by atoms with E-state index in [4.69, 9.17) is 14.7 Å². The average Bonchev–Trinajstić information content (AvgIpc) is 2.66. The molecule has 2 aromatic rings. The van der Waals surface area contributed by atoms with Gasteiger partial charge in [-0.1, -0.05) is 6.07 Å². The van der Waals surface area contributed by atoms with Gasteiger partial charge in [0.1, 0.15) is 12.0 Å². The highest BCUT2D eigenvalue weighted by Gasteiger charge is 2.18. The van der Waals surface area contributed by atoms with Gasteiger partial charge in [0.25, 0.3) is 5.91 Å². The molecule has 0 fully saturated rings. The number of nitrogens with one attached hydrogen (secondary N) is 1. The minimum Gasteiger partial charge on any atom is -0.482 e. The predicted octanol–water partition coefficient (Wildman–Crippen LogP) is 2.32. The first-order chi connectivity index (χ1) is 12.5. The van der Waals surface area contributed by atoms with Gasteiger partial charge < -0.3 is 14.8 Å². The zero-order valence-corrected chi connectivity index (χ0v) is 14.0. The Balaban J connectivity index is 1.82. The van der Waals surface area contributed by atoms with Gasteiger partial charge in [0.15, 0.2) is 12.7 Å². The number of ether oxygens (including phenoxy) is 2. The van der Waals surface area contributed by atoms with E-state index in [-0.39, 0.29) is 6.61 Å². The molecule has 0 aliphatic heterocycles. The van der Waals surface area contributed by atoms with Crippen molar-refractivity contribution in [3.63, 3.8) is 0 Å². The van der Waals surface area contributed by atoms with Crippen LogP contribution in [0.2, 0.25) is 0 Å². The van der Waals surface area contributed by atoms with Crippen LogP contribution in [0.5, 0.6) is 5.75 Å². The van der Waals surface area contributed by atoms with Gasteiger partial charge in [0, 0.05) is 11.3 Å². The van der Waals surface area contributed by atoms with E-state index in [1.807, 2.05) is 6.07 Å². The topological polar surface area (TPSA) is 105 Å². The van der Waals surface area contributed by atoms with Crippen molar-refractivity contribution in [3.05, 3.63) is 59.7 Å². The van der Waals surface area contributed by atoms with E-state index in [0.29, 0.717) is 28.8 Å². The molecule has 0 spiro atoms. The van der Waals surface area contributed by atoms with Gasteiger partial charge in [-0.2, -0.15) is 5.26 Å². The third kappa shape index (κ3) is 5.46. The van der Waals surface area contributed by atoms with Crippen LogP contribution in [-0.4, -0.2) is 30.9 Å². The summed E-state index contributed by atoms with van der Waals surface area (Å²) >= 11 is 0. The molecule has 2 aromatic carbocycles. The van der Waals surface area contributed by atoms with Gasteiger partial charge in [-0.25, -0.2) is 4.79 Å². The van der Waals surface area contributed by atoms with E-state index in [0.717, 1.165) is 0 Å². The summed E-state index contributed by atoms with van der Waals surface area (Å²) in [6.07, 6.45) is -0.334. The molecule has 2 rings (SSSR count). The first kappa shape index (κ1) is 18.7. The zero-order chi connectivity index (χ0) is 18.9. The van der Waals surface area contributed by atoms with Gasteiger partial charge in [-0.3, -0.25) is 9.59 Å². The van der Waals surface area contributed by atoms with Gasteiger partial charge in [-0.15, -0.1) is 0 Å². The number of nitriles is 1. The molecule has 132 valence electrons. The smallest absolute Gasteiger partial charge is 0.344 e. The first-order valence-corrected chi connectivity index (χ1v) is 7.70. The van der Waals surface area contributed by atoms with Crippen LogP contribution in [0.3, 0.4) is 0 Å². The van der Waals surface area contributed by atoms with Gasteiger partial charge >= 0.3 is 5.97 Å².